The van der Waals surface area contributed by atoms with Crippen molar-refractivity contribution in [3.05, 3.63) is 59.7 Å². The van der Waals surface area contributed by atoms with Gasteiger partial charge in [-0.25, -0.2) is 4.98 Å². The Morgan fingerprint density at radius 1 is 1.12 bits per heavy atom. The molecule has 0 spiro atoms. The third-order valence-corrected chi connectivity index (χ3v) is 6.34. The number of imidazole rings is 1. The second-order valence-corrected chi connectivity index (χ2v) is 8.52. The third kappa shape index (κ3) is 5.13. The van der Waals surface area contributed by atoms with E-state index in [-0.39, 0.29) is 11.8 Å². The van der Waals surface area contributed by atoms with Crippen molar-refractivity contribution in [2.24, 2.45) is 5.92 Å². The predicted molar refractivity (Wildman–Crippen MR) is 129 cm³/mol. The van der Waals surface area contributed by atoms with Gasteiger partial charge in [0.15, 0.2) is 0 Å². The number of hydrogen-bond acceptors (Lipinski definition) is 4. The first kappa shape index (κ1) is 22.3. The molecule has 0 radical (unpaired) electrons. The van der Waals surface area contributed by atoms with Crippen LogP contribution in [0.5, 0.6) is 0 Å². The lowest BCUT2D eigenvalue weighted by atomic mass is 9.96. The largest absolute Gasteiger partial charge is 0.382 e. The third-order valence-electron chi connectivity index (χ3n) is 6.34. The Hall–Kier alpha value is -2.86. The first-order chi connectivity index (χ1) is 15.7. The number of carbonyl (C=O) groups excluding carboxylic acids is 1. The van der Waals surface area contributed by atoms with Crippen LogP contribution < -0.4 is 10.2 Å². The Bertz CT molecular complexity index is 1040. The van der Waals surface area contributed by atoms with Crippen molar-refractivity contribution in [2.45, 2.75) is 39.7 Å². The fraction of sp³-hybridized carbons (Fsp3) is 0.462. The molecule has 4 rings (SSSR count). The van der Waals surface area contributed by atoms with E-state index >= 15 is 0 Å². The molecule has 6 heteroatoms. The zero-order chi connectivity index (χ0) is 22.3. The molecule has 2 aromatic carbocycles. The van der Waals surface area contributed by atoms with Crippen molar-refractivity contribution >= 4 is 22.9 Å². The molecule has 1 fully saturated rings. The summed E-state index contributed by atoms with van der Waals surface area (Å²) in [5.41, 5.74) is 4.76. The van der Waals surface area contributed by atoms with Crippen LogP contribution in [0.2, 0.25) is 0 Å². The van der Waals surface area contributed by atoms with Gasteiger partial charge in [0.2, 0.25) is 11.9 Å². The summed E-state index contributed by atoms with van der Waals surface area (Å²) in [7, 11) is 0. The number of carbonyl (C=O) groups is 1. The van der Waals surface area contributed by atoms with E-state index in [9.17, 15) is 4.79 Å². The van der Waals surface area contributed by atoms with Gasteiger partial charge in [0.05, 0.1) is 17.6 Å². The van der Waals surface area contributed by atoms with E-state index in [0.717, 1.165) is 62.5 Å². The Morgan fingerprint density at radius 3 is 2.66 bits per heavy atom. The van der Waals surface area contributed by atoms with Crippen LogP contribution in [0, 0.1) is 12.8 Å². The van der Waals surface area contributed by atoms with Crippen LogP contribution in [-0.4, -0.2) is 48.3 Å². The first-order valence-electron chi connectivity index (χ1n) is 11.8. The number of aromatic nitrogens is 2. The number of nitrogens with zero attached hydrogens (tertiary/aromatic N) is 3. The van der Waals surface area contributed by atoms with Gasteiger partial charge < -0.3 is 19.5 Å². The molecule has 0 bridgehead atoms. The molecule has 0 atom stereocenters. The highest BCUT2D eigenvalue weighted by Crippen LogP contribution is 2.28. The molecule has 170 valence electrons. The number of amides is 1. The summed E-state index contributed by atoms with van der Waals surface area (Å²) in [5.74, 6) is 1.26. The molecule has 32 heavy (non-hydrogen) atoms. The number of para-hydroxylation sites is 2. The Balaban J connectivity index is 1.44. The summed E-state index contributed by atoms with van der Waals surface area (Å²) in [6, 6.07) is 16.9. The quantitative estimate of drug-likeness (QED) is 0.514. The van der Waals surface area contributed by atoms with Gasteiger partial charge in [-0.2, -0.15) is 0 Å². The van der Waals surface area contributed by atoms with E-state index in [4.69, 9.17) is 9.72 Å². The molecule has 1 aliphatic heterocycles. The molecular formula is C26H34N4O2. The van der Waals surface area contributed by atoms with Crippen LogP contribution in [0.25, 0.3) is 11.0 Å². The molecule has 0 aliphatic carbocycles. The van der Waals surface area contributed by atoms with Crippen LogP contribution in [0.3, 0.4) is 0 Å². The van der Waals surface area contributed by atoms with E-state index in [2.05, 4.69) is 64.2 Å². The molecule has 3 aromatic rings. The lowest BCUT2D eigenvalue weighted by Crippen LogP contribution is -2.41. The van der Waals surface area contributed by atoms with Crippen LogP contribution >= 0.6 is 0 Å². The van der Waals surface area contributed by atoms with Crippen molar-refractivity contribution in [3.8, 4) is 0 Å². The normalized spacial score (nSPS) is 14.8. The fourth-order valence-electron chi connectivity index (χ4n) is 4.43. The van der Waals surface area contributed by atoms with Crippen LogP contribution in [-0.2, 0) is 16.1 Å². The minimum atomic E-state index is 0.0764. The maximum Gasteiger partial charge on any atom is 0.223 e. The van der Waals surface area contributed by atoms with Crippen molar-refractivity contribution in [2.75, 3.05) is 37.7 Å². The molecule has 1 aliphatic rings. The Labute approximate surface area is 190 Å². The van der Waals surface area contributed by atoms with Crippen molar-refractivity contribution in [1.29, 1.82) is 0 Å². The molecule has 1 N–H and O–H groups in total. The fourth-order valence-corrected chi connectivity index (χ4v) is 4.43. The number of ether oxygens (including phenoxy) is 1. The standard InChI is InChI=1S/C26H34N4O2/c1-3-32-18-8-15-27-25(31)21-13-16-29(17-14-21)26-28-23-11-6-7-12-24(23)30(26)19-22-10-5-4-9-20(22)2/h4-7,9-12,21H,3,8,13-19H2,1-2H3,(H,27,31). The lowest BCUT2D eigenvalue weighted by molar-refractivity contribution is -0.125. The molecule has 0 unspecified atom stereocenters. The molecule has 2 heterocycles. The SMILES string of the molecule is CCOCCCNC(=O)C1CCN(c2nc3ccccc3n2Cc2ccccc2C)CC1. The molecule has 1 saturated heterocycles. The zero-order valence-corrected chi connectivity index (χ0v) is 19.2. The molecule has 6 nitrogen and oxygen atoms in total. The van der Waals surface area contributed by atoms with Crippen LogP contribution in [0.1, 0.15) is 37.3 Å². The predicted octanol–water partition coefficient (Wildman–Crippen LogP) is 4.15. The topological polar surface area (TPSA) is 59.4 Å². The maximum atomic E-state index is 12.6. The van der Waals surface area contributed by atoms with Crippen LogP contribution in [0.4, 0.5) is 5.95 Å². The Morgan fingerprint density at radius 2 is 1.88 bits per heavy atom. The van der Waals surface area contributed by atoms with Gasteiger partial charge >= 0.3 is 0 Å². The van der Waals surface area contributed by atoms with Gasteiger partial charge in [-0.3, -0.25) is 4.79 Å². The van der Waals surface area contributed by atoms with Crippen molar-refractivity contribution in [1.82, 2.24) is 14.9 Å². The lowest BCUT2D eigenvalue weighted by Gasteiger charge is -2.32. The summed E-state index contributed by atoms with van der Waals surface area (Å²) in [6.45, 7) is 8.73. The summed E-state index contributed by atoms with van der Waals surface area (Å²) < 4.78 is 7.67. The summed E-state index contributed by atoms with van der Waals surface area (Å²) in [4.78, 5) is 19.9. The molecular weight excluding hydrogens is 400 g/mol. The van der Waals surface area contributed by atoms with Gasteiger partial charge in [-0.1, -0.05) is 36.4 Å². The average Bonchev–Trinajstić information content (AvgIpc) is 3.19. The van der Waals surface area contributed by atoms with E-state index < -0.39 is 0 Å². The minimum Gasteiger partial charge on any atom is -0.382 e. The minimum absolute atomic E-state index is 0.0764. The number of rotatable bonds is 9. The number of anilines is 1. The number of hydrogen-bond donors (Lipinski definition) is 1. The van der Waals surface area contributed by atoms with Gasteiger partial charge in [0, 0.05) is 38.8 Å². The second-order valence-electron chi connectivity index (χ2n) is 8.52. The highest BCUT2D eigenvalue weighted by atomic mass is 16.5. The summed E-state index contributed by atoms with van der Waals surface area (Å²) >= 11 is 0. The molecule has 1 amide bonds. The number of aryl methyl sites for hydroxylation is 1. The van der Waals surface area contributed by atoms with Crippen molar-refractivity contribution < 1.29 is 9.53 Å². The molecule has 0 saturated carbocycles. The smallest absolute Gasteiger partial charge is 0.223 e. The number of nitrogens with one attached hydrogen (secondary N) is 1. The number of piperidine rings is 1. The van der Waals surface area contributed by atoms with E-state index in [1.54, 1.807) is 0 Å². The van der Waals surface area contributed by atoms with Gasteiger partial charge in [-0.15, -0.1) is 0 Å². The Kier molecular flexibility index (Phi) is 7.43. The molecule has 1 aromatic heterocycles. The van der Waals surface area contributed by atoms with Gasteiger partial charge in [0.1, 0.15) is 0 Å². The highest BCUT2D eigenvalue weighted by Gasteiger charge is 2.27. The van der Waals surface area contributed by atoms with E-state index in [1.165, 1.54) is 11.1 Å². The summed E-state index contributed by atoms with van der Waals surface area (Å²) in [5, 5.41) is 3.08. The highest BCUT2D eigenvalue weighted by molar-refractivity contribution is 5.80. The van der Waals surface area contributed by atoms with Crippen LogP contribution in [0.15, 0.2) is 48.5 Å². The monoisotopic (exact) mass is 434 g/mol. The van der Waals surface area contributed by atoms with Gasteiger partial charge in [-0.05, 0) is 56.4 Å². The number of benzene rings is 2. The zero-order valence-electron chi connectivity index (χ0n) is 19.2. The average molecular weight is 435 g/mol. The van der Waals surface area contributed by atoms with Gasteiger partial charge in [0.25, 0.3) is 0 Å². The number of fused-ring (bicyclic) bond motifs is 1. The summed E-state index contributed by atoms with van der Waals surface area (Å²) in [6.07, 6.45) is 2.57. The van der Waals surface area contributed by atoms with E-state index in [1.807, 2.05) is 13.0 Å². The second kappa shape index (κ2) is 10.6. The van der Waals surface area contributed by atoms with Crippen molar-refractivity contribution in [3.63, 3.8) is 0 Å². The maximum absolute atomic E-state index is 12.6. The first-order valence-corrected chi connectivity index (χ1v) is 11.8. The van der Waals surface area contributed by atoms with E-state index in [0.29, 0.717) is 13.2 Å².